The Morgan fingerprint density at radius 3 is 2.19 bits per heavy atom. The lowest BCUT2D eigenvalue weighted by Gasteiger charge is -2.15. The maximum Gasteiger partial charge on any atom is 0.334 e. The van der Waals surface area contributed by atoms with Crippen molar-refractivity contribution < 1.29 is 14.4 Å². The van der Waals surface area contributed by atoms with E-state index in [1.165, 1.54) is 5.56 Å². The fourth-order valence-electron chi connectivity index (χ4n) is 2.51. The lowest BCUT2D eigenvalue weighted by molar-refractivity contribution is -0.143. The van der Waals surface area contributed by atoms with Gasteiger partial charge in [0.25, 0.3) is 0 Å². The van der Waals surface area contributed by atoms with E-state index in [1.807, 2.05) is 24.3 Å². The lowest BCUT2D eigenvalue weighted by Crippen LogP contribution is -2.34. The summed E-state index contributed by atoms with van der Waals surface area (Å²) < 4.78 is 0. The van der Waals surface area contributed by atoms with Crippen LogP contribution in [0.25, 0.3) is 0 Å². The number of imide groups is 2. The first-order chi connectivity index (χ1) is 9.99. The van der Waals surface area contributed by atoms with E-state index in [9.17, 15) is 14.4 Å². The molecule has 0 atom stereocenters. The van der Waals surface area contributed by atoms with Gasteiger partial charge in [-0.05, 0) is 29.9 Å². The van der Waals surface area contributed by atoms with Crippen LogP contribution in [0.3, 0.4) is 0 Å². The largest absolute Gasteiger partial charge is 0.334 e. The van der Waals surface area contributed by atoms with Gasteiger partial charge in [0.1, 0.15) is 0 Å². The van der Waals surface area contributed by atoms with Gasteiger partial charge in [0.05, 0.1) is 6.54 Å². The molecule has 1 aromatic carbocycles. The number of amides is 4. The highest BCUT2D eigenvalue weighted by Gasteiger charge is 2.50. The van der Waals surface area contributed by atoms with Crippen molar-refractivity contribution >= 4 is 17.8 Å². The summed E-state index contributed by atoms with van der Waals surface area (Å²) in [4.78, 5) is 38.2. The highest BCUT2D eigenvalue weighted by molar-refractivity contribution is 6.44. The fourth-order valence-corrected chi connectivity index (χ4v) is 2.51. The molecule has 4 amide bonds. The summed E-state index contributed by atoms with van der Waals surface area (Å²) in [6, 6.07) is 7.25. The number of nitrogens with zero attached hydrogens (tertiary/aromatic N) is 2. The molecular formula is C16H18N2O3. The quantitative estimate of drug-likeness (QED) is 0.630. The summed E-state index contributed by atoms with van der Waals surface area (Å²) in [6.07, 6.45) is 1.61. The third-order valence-electron chi connectivity index (χ3n) is 3.98. The van der Waals surface area contributed by atoms with Crippen molar-refractivity contribution in [3.8, 4) is 0 Å². The minimum absolute atomic E-state index is 0.0673. The van der Waals surface area contributed by atoms with Crippen molar-refractivity contribution in [1.29, 1.82) is 0 Å². The molecule has 21 heavy (non-hydrogen) atoms. The Balaban J connectivity index is 1.76. The molecule has 110 valence electrons. The van der Waals surface area contributed by atoms with Crippen molar-refractivity contribution in [3.63, 3.8) is 0 Å². The Morgan fingerprint density at radius 1 is 1.05 bits per heavy atom. The van der Waals surface area contributed by atoms with Crippen LogP contribution in [0.4, 0.5) is 4.79 Å². The molecule has 1 aliphatic heterocycles. The van der Waals surface area contributed by atoms with Crippen LogP contribution in [0.5, 0.6) is 0 Å². The van der Waals surface area contributed by atoms with Gasteiger partial charge < -0.3 is 0 Å². The van der Waals surface area contributed by atoms with Crippen LogP contribution < -0.4 is 0 Å². The van der Waals surface area contributed by atoms with Crippen LogP contribution >= 0.6 is 0 Å². The molecule has 1 heterocycles. The number of hydrogen-bond donors (Lipinski definition) is 0. The van der Waals surface area contributed by atoms with Gasteiger partial charge in [0, 0.05) is 6.04 Å². The second-order valence-electron chi connectivity index (χ2n) is 5.98. The summed E-state index contributed by atoms with van der Waals surface area (Å²) in [5.41, 5.74) is 2.06. The molecule has 2 fully saturated rings. The second-order valence-corrected chi connectivity index (χ2v) is 5.98. The second kappa shape index (κ2) is 4.98. The number of urea groups is 1. The molecule has 1 saturated carbocycles. The van der Waals surface area contributed by atoms with E-state index in [4.69, 9.17) is 0 Å². The van der Waals surface area contributed by atoms with E-state index in [0.717, 1.165) is 28.2 Å². The third kappa shape index (κ3) is 2.44. The fraction of sp³-hybridized carbons (Fsp3) is 0.438. The van der Waals surface area contributed by atoms with E-state index in [-0.39, 0.29) is 12.6 Å². The number of rotatable bonds is 4. The molecule has 0 spiro atoms. The molecule has 5 nitrogen and oxygen atoms in total. The van der Waals surface area contributed by atoms with Gasteiger partial charge in [-0.3, -0.25) is 19.4 Å². The molecule has 0 N–H and O–H groups in total. The third-order valence-corrected chi connectivity index (χ3v) is 3.98. The van der Waals surface area contributed by atoms with Crippen molar-refractivity contribution in [2.75, 3.05) is 0 Å². The van der Waals surface area contributed by atoms with Crippen molar-refractivity contribution in [2.45, 2.75) is 45.2 Å². The van der Waals surface area contributed by atoms with Crippen LogP contribution in [0.1, 0.15) is 43.7 Å². The molecule has 5 heteroatoms. The monoisotopic (exact) mass is 286 g/mol. The Kier molecular flexibility index (Phi) is 3.27. The van der Waals surface area contributed by atoms with Gasteiger partial charge in [-0.2, -0.15) is 0 Å². The lowest BCUT2D eigenvalue weighted by atomic mass is 10.0. The Labute approximate surface area is 123 Å². The van der Waals surface area contributed by atoms with Crippen molar-refractivity contribution in [3.05, 3.63) is 35.4 Å². The SMILES string of the molecule is CC(C)c1ccc(CN2C(=O)C(=O)N(C3CC3)C2=O)cc1. The first kappa shape index (κ1) is 13.8. The normalized spacial score (nSPS) is 19.1. The van der Waals surface area contributed by atoms with Gasteiger partial charge in [-0.15, -0.1) is 0 Å². The summed E-state index contributed by atoms with van der Waals surface area (Å²) in [7, 11) is 0. The van der Waals surface area contributed by atoms with E-state index < -0.39 is 17.8 Å². The predicted molar refractivity (Wildman–Crippen MR) is 76.3 cm³/mol. The minimum atomic E-state index is -0.708. The van der Waals surface area contributed by atoms with Gasteiger partial charge in [-0.1, -0.05) is 38.1 Å². The Hall–Kier alpha value is -2.17. The van der Waals surface area contributed by atoms with Gasteiger partial charge in [0.15, 0.2) is 0 Å². The molecule has 1 aromatic rings. The van der Waals surface area contributed by atoms with Crippen molar-refractivity contribution in [1.82, 2.24) is 9.80 Å². The molecule has 3 rings (SSSR count). The maximum atomic E-state index is 12.2. The molecule has 1 saturated heterocycles. The topological polar surface area (TPSA) is 57.7 Å². The summed E-state index contributed by atoms with van der Waals surface area (Å²) in [5.74, 6) is -0.956. The molecular weight excluding hydrogens is 268 g/mol. The van der Waals surface area contributed by atoms with Crippen LogP contribution in [-0.4, -0.2) is 33.7 Å². The zero-order chi connectivity index (χ0) is 15.1. The van der Waals surface area contributed by atoms with E-state index in [1.54, 1.807) is 0 Å². The Bertz CT molecular complexity index is 602. The number of carbonyl (C=O) groups is 3. The van der Waals surface area contributed by atoms with E-state index in [2.05, 4.69) is 13.8 Å². The number of benzene rings is 1. The highest BCUT2D eigenvalue weighted by Crippen LogP contribution is 2.31. The van der Waals surface area contributed by atoms with Gasteiger partial charge in [0.2, 0.25) is 0 Å². The maximum absolute atomic E-state index is 12.2. The summed E-state index contributed by atoms with van der Waals surface area (Å²) in [6.45, 7) is 4.37. The zero-order valence-corrected chi connectivity index (χ0v) is 12.2. The molecule has 2 aliphatic rings. The average Bonchev–Trinajstić information content (AvgIpc) is 3.26. The van der Waals surface area contributed by atoms with Crippen LogP contribution in [-0.2, 0) is 16.1 Å². The first-order valence-electron chi connectivity index (χ1n) is 7.27. The standard InChI is InChI=1S/C16H18N2O3/c1-10(2)12-5-3-11(4-6-12)9-17-14(19)15(20)18(16(17)21)13-7-8-13/h3-6,10,13H,7-9H2,1-2H3. The average molecular weight is 286 g/mol. The molecule has 0 aromatic heterocycles. The van der Waals surface area contributed by atoms with E-state index >= 15 is 0 Å². The van der Waals surface area contributed by atoms with Crippen LogP contribution in [0.15, 0.2) is 24.3 Å². The van der Waals surface area contributed by atoms with Gasteiger partial charge in [-0.25, -0.2) is 4.79 Å². The summed E-state index contributed by atoms with van der Waals surface area (Å²) >= 11 is 0. The van der Waals surface area contributed by atoms with Crippen molar-refractivity contribution in [2.24, 2.45) is 0 Å². The molecule has 0 unspecified atom stereocenters. The van der Waals surface area contributed by atoms with Gasteiger partial charge >= 0.3 is 17.8 Å². The molecule has 1 aliphatic carbocycles. The number of carbonyl (C=O) groups excluding carboxylic acids is 3. The number of hydrogen-bond acceptors (Lipinski definition) is 3. The predicted octanol–water partition coefficient (Wildman–Crippen LogP) is 2.26. The van der Waals surface area contributed by atoms with E-state index in [0.29, 0.717) is 5.92 Å². The summed E-state index contributed by atoms with van der Waals surface area (Å²) in [5, 5.41) is 0. The van der Waals surface area contributed by atoms with Crippen LogP contribution in [0.2, 0.25) is 0 Å². The van der Waals surface area contributed by atoms with Crippen LogP contribution in [0, 0.1) is 0 Å². The Morgan fingerprint density at radius 2 is 1.67 bits per heavy atom. The minimum Gasteiger partial charge on any atom is -0.263 e. The molecule has 0 bridgehead atoms. The smallest absolute Gasteiger partial charge is 0.263 e. The molecule has 0 radical (unpaired) electrons. The first-order valence-corrected chi connectivity index (χ1v) is 7.27. The highest BCUT2D eigenvalue weighted by atomic mass is 16.2. The zero-order valence-electron chi connectivity index (χ0n) is 12.2.